The molecule has 4 rings (SSSR count). The number of pyridine rings is 1. The number of hydrogen-bond acceptors (Lipinski definition) is 6. The first-order valence-corrected chi connectivity index (χ1v) is 11.6. The van der Waals surface area contributed by atoms with Crippen molar-refractivity contribution in [3.8, 4) is 0 Å². The van der Waals surface area contributed by atoms with Crippen molar-refractivity contribution in [3.05, 3.63) is 58.6 Å². The summed E-state index contributed by atoms with van der Waals surface area (Å²) in [4.78, 5) is 18.8. The van der Waals surface area contributed by atoms with Gasteiger partial charge in [-0.1, -0.05) is 6.07 Å². The minimum Gasteiger partial charge on any atom is -0.449 e. The van der Waals surface area contributed by atoms with Crippen molar-refractivity contribution in [2.24, 2.45) is 0 Å². The summed E-state index contributed by atoms with van der Waals surface area (Å²) in [7, 11) is -3.91. The molecule has 0 radical (unpaired) electrons. The summed E-state index contributed by atoms with van der Waals surface area (Å²) in [6.45, 7) is 7.39. The molecule has 0 unspecified atom stereocenters. The zero-order chi connectivity index (χ0) is 22.2. The Morgan fingerprint density at radius 3 is 2.61 bits per heavy atom. The Morgan fingerprint density at radius 1 is 1.19 bits per heavy atom. The molecule has 9 heteroatoms. The van der Waals surface area contributed by atoms with Gasteiger partial charge in [0.2, 0.25) is 10.0 Å². The van der Waals surface area contributed by atoms with E-state index in [-0.39, 0.29) is 28.7 Å². The van der Waals surface area contributed by atoms with Gasteiger partial charge in [0.05, 0.1) is 13.2 Å². The molecule has 1 amide bonds. The maximum Gasteiger partial charge on any atom is 0.290 e. The van der Waals surface area contributed by atoms with Crippen LogP contribution in [0.2, 0.25) is 0 Å². The lowest BCUT2D eigenvalue weighted by atomic mass is 10.0. The highest BCUT2D eigenvalue weighted by atomic mass is 32.2. The van der Waals surface area contributed by atoms with Crippen LogP contribution < -0.4 is 4.72 Å². The molecule has 0 saturated carbocycles. The topological polar surface area (TPSA) is 102 Å². The van der Waals surface area contributed by atoms with Gasteiger partial charge in [-0.05, 0) is 49.6 Å². The highest BCUT2D eigenvalue weighted by Gasteiger charge is 2.30. The number of nitrogens with zero attached hydrogens (tertiary/aromatic N) is 2. The van der Waals surface area contributed by atoms with Gasteiger partial charge in [-0.3, -0.25) is 9.78 Å². The molecule has 1 aliphatic rings. The third-order valence-corrected chi connectivity index (χ3v) is 7.20. The molecule has 1 N–H and O–H groups in total. The average Bonchev–Trinajstić information content (AvgIpc) is 3.09. The SMILES string of the molecule is Cc1cc2c(C)c(C(=O)N3CCOCC3)oc2c(S(=O)(=O)NCc2cccnc2)c1C. The molecule has 0 spiro atoms. The number of furan rings is 1. The van der Waals surface area contributed by atoms with Crippen LogP contribution in [-0.2, 0) is 21.3 Å². The summed E-state index contributed by atoms with van der Waals surface area (Å²) in [6, 6.07) is 5.42. The number of rotatable bonds is 5. The van der Waals surface area contributed by atoms with Gasteiger partial charge in [-0.2, -0.15) is 0 Å². The third-order valence-electron chi connectivity index (χ3n) is 5.64. The quantitative estimate of drug-likeness (QED) is 0.651. The standard InChI is InChI=1S/C22H25N3O5S/c1-14-11-18-16(3)19(22(26)25-7-9-29-10-8-25)30-20(18)21(15(14)2)31(27,28)24-13-17-5-4-6-23-12-17/h4-6,11-12,24H,7-10,13H2,1-3H3. The van der Waals surface area contributed by atoms with Crippen molar-refractivity contribution in [1.82, 2.24) is 14.6 Å². The second-order valence-electron chi connectivity index (χ2n) is 7.67. The molecule has 31 heavy (non-hydrogen) atoms. The number of fused-ring (bicyclic) bond motifs is 1. The van der Waals surface area contributed by atoms with Crippen LogP contribution in [0.15, 0.2) is 39.9 Å². The van der Waals surface area contributed by atoms with E-state index in [9.17, 15) is 13.2 Å². The van der Waals surface area contributed by atoms with E-state index in [0.29, 0.717) is 42.8 Å². The molecule has 1 fully saturated rings. The fourth-order valence-electron chi connectivity index (χ4n) is 3.73. The van der Waals surface area contributed by atoms with Gasteiger partial charge in [0.25, 0.3) is 5.91 Å². The van der Waals surface area contributed by atoms with Crippen LogP contribution in [0.5, 0.6) is 0 Å². The van der Waals surface area contributed by atoms with Crippen molar-refractivity contribution >= 4 is 26.9 Å². The monoisotopic (exact) mass is 443 g/mol. The highest BCUT2D eigenvalue weighted by molar-refractivity contribution is 7.89. The largest absolute Gasteiger partial charge is 0.449 e. The first-order valence-electron chi connectivity index (χ1n) is 10.1. The molecule has 1 aromatic carbocycles. The van der Waals surface area contributed by atoms with E-state index in [1.165, 1.54) is 0 Å². The Hall–Kier alpha value is -2.75. The average molecular weight is 444 g/mol. The van der Waals surface area contributed by atoms with Crippen molar-refractivity contribution < 1.29 is 22.4 Å². The van der Waals surface area contributed by atoms with E-state index in [1.54, 1.807) is 43.3 Å². The molecule has 1 saturated heterocycles. The van der Waals surface area contributed by atoms with Gasteiger partial charge in [0.15, 0.2) is 11.3 Å². The summed E-state index contributed by atoms with van der Waals surface area (Å²) >= 11 is 0. The molecule has 1 aliphatic heterocycles. The third kappa shape index (κ3) is 4.08. The molecule has 3 heterocycles. The van der Waals surface area contributed by atoms with Crippen LogP contribution in [0, 0.1) is 20.8 Å². The number of ether oxygens (including phenoxy) is 1. The van der Waals surface area contributed by atoms with Crippen LogP contribution in [0.4, 0.5) is 0 Å². The number of amides is 1. The number of carbonyl (C=O) groups is 1. The van der Waals surface area contributed by atoms with Crippen LogP contribution >= 0.6 is 0 Å². The summed E-state index contributed by atoms with van der Waals surface area (Å²) in [6.07, 6.45) is 3.24. The molecule has 0 atom stereocenters. The van der Waals surface area contributed by atoms with Crippen LogP contribution in [0.25, 0.3) is 11.0 Å². The molecule has 3 aromatic rings. The fraction of sp³-hybridized carbons (Fsp3) is 0.364. The molecule has 164 valence electrons. The number of aryl methyl sites for hydroxylation is 2. The summed E-state index contributed by atoms with van der Waals surface area (Å²) in [5, 5.41) is 0.626. The van der Waals surface area contributed by atoms with E-state index >= 15 is 0 Å². The Balaban J connectivity index is 1.77. The zero-order valence-electron chi connectivity index (χ0n) is 17.8. The van der Waals surface area contributed by atoms with Gasteiger partial charge >= 0.3 is 0 Å². The smallest absolute Gasteiger partial charge is 0.290 e. The van der Waals surface area contributed by atoms with Crippen molar-refractivity contribution in [3.63, 3.8) is 0 Å². The summed E-state index contributed by atoms with van der Waals surface area (Å²) in [5.41, 5.74) is 2.98. The molecule has 8 nitrogen and oxygen atoms in total. The van der Waals surface area contributed by atoms with Crippen LogP contribution in [0.1, 0.15) is 32.8 Å². The van der Waals surface area contributed by atoms with E-state index < -0.39 is 10.0 Å². The lowest BCUT2D eigenvalue weighted by Crippen LogP contribution is -2.40. The van der Waals surface area contributed by atoms with Gasteiger partial charge < -0.3 is 14.1 Å². The van der Waals surface area contributed by atoms with Gasteiger partial charge in [0, 0.05) is 43.0 Å². The Labute approximate surface area is 181 Å². The van der Waals surface area contributed by atoms with Crippen LogP contribution in [-0.4, -0.2) is 50.5 Å². The Bertz CT molecular complexity index is 1230. The minimum absolute atomic E-state index is 0.0653. The molecule has 0 bridgehead atoms. The lowest BCUT2D eigenvalue weighted by molar-refractivity contribution is 0.0283. The van der Waals surface area contributed by atoms with Gasteiger partial charge in [0.1, 0.15) is 4.90 Å². The van der Waals surface area contributed by atoms with Crippen molar-refractivity contribution in [1.29, 1.82) is 0 Å². The minimum atomic E-state index is -3.91. The lowest BCUT2D eigenvalue weighted by Gasteiger charge is -2.26. The normalized spacial score (nSPS) is 14.9. The molecular weight excluding hydrogens is 418 g/mol. The molecule has 0 aliphatic carbocycles. The van der Waals surface area contributed by atoms with Gasteiger partial charge in [-0.25, -0.2) is 13.1 Å². The number of sulfonamides is 1. The number of benzene rings is 1. The number of aromatic nitrogens is 1. The summed E-state index contributed by atoms with van der Waals surface area (Å²) in [5.74, 6) is -0.0791. The zero-order valence-corrected chi connectivity index (χ0v) is 18.6. The van der Waals surface area contributed by atoms with Crippen molar-refractivity contribution in [2.45, 2.75) is 32.2 Å². The molecule has 2 aromatic heterocycles. The van der Waals surface area contributed by atoms with Crippen molar-refractivity contribution in [2.75, 3.05) is 26.3 Å². The fourth-order valence-corrected chi connectivity index (χ4v) is 5.19. The number of morpholine rings is 1. The highest BCUT2D eigenvalue weighted by Crippen LogP contribution is 2.35. The van der Waals surface area contributed by atoms with E-state index in [4.69, 9.17) is 9.15 Å². The predicted octanol–water partition coefficient (Wildman–Crippen LogP) is 2.70. The maximum atomic E-state index is 13.3. The van der Waals surface area contributed by atoms with E-state index in [0.717, 1.165) is 11.1 Å². The van der Waals surface area contributed by atoms with E-state index in [2.05, 4.69) is 9.71 Å². The first kappa shape index (κ1) is 21.5. The predicted molar refractivity (Wildman–Crippen MR) is 115 cm³/mol. The number of hydrogen-bond donors (Lipinski definition) is 1. The maximum absolute atomic E-state index is 13.3. The number of nitrogens with one attached hydrogen (secondary N) is 1. The molecular formula is C22H25N3O5S. The first-order chi connectivity index (χ1) is 14.8. The number of carbonyl (C=O) groups excluding carboxylic acids is 1. The summed E-state index contributed by atoms with van der Waals surface area (Å²) < 4.78 is 40.5. The Kier molecular flexibility index (Phi) is 5.83. The Morgan fingerprint density at radius 2 is 1.94 bits per heavy atom. The second kappa shape index (κ2) is 8.41. The van der Waals surface area contributed by atoms with Gasteiger partial charge in [-0.15, -0.1) is 0 Å². The van der Waals surface area contributed by atoms with Crippen LogP contribution in [0.3, 0.4) is 0 Å². The van der Waals surface area contributed by atoms with E-state index in [1.807, 2.05) is 13.0 Å². The second-order valence-corrected chi connectivity index (χ2v) is 9.37.